The molecule has 2 N–H and O–H groups in total. The summed E-state index contributed by atoms with van der Waals surface area (Å²) in [6, 6.07) is 4.87. The van der Waals surface area contributed by atoms with Gasteiger partial charge in [0.2, 0.25) is 10.0 Å². The molecule has 0 spiro atoms. The monoisotopic (exact) mass is 398 g/mol. The lowest BCUT2D eigenvalue weighted by molar-refractivity contribution is 0.348. The van der Waals surface area contributed by atoms with Crippen molar-refractivity contribution in [3.05, 3.63) is 22.7 Å². The molecular formula is C13H20BrClN2O3S. The van der Waals surface area contributed by atoms with Gasteiger partial charge in [0, 0.05) is 22.6 Å². The van der Waals surface area contributed by atoms with Crippen LogP contribution in [0, 0.1) is 0 Å². The second kappa shape index (κ2) is 7.78. The highest BCUT2D eigenvalue weighted by Gasteiger charge is 2.26. The normalized spacial score (nSPS) is 22.4. The van der Waals surface area contributed by atoms with Crippen molar-refractivity contribution in [1.29, 1.82) is 0 Å². The average Bonchev–Trinajstić information content (AvgIpc) is 2.40. The molecule has 0 saturated carbocycles. The molecule has 8 heteroatoms. The molecule has 1 aliphatic heterocycles. The molecule has 1 fully saturated rings. The van der Waals surface area contributed by atoms with Crippen molar-refractivity contribution in [1.82, 2.24) is 10.0 Å². The van der Waals surface area contributed by atoms with Crippen LogP contribution in [0.1, 0.15) is 19.8 Å². The maximum absolute atomic E-state index is 12.5. The Kier molecular flexibility index (Phi) is 6.93. The van der Waals surface area contributed by atoms with E-state index >= 15 is 0 Å². The molecule has 5 nitrogen and oxygen atoms in total. The molecular weight excluding hydrogens is 380 g/mol. The Hall–Kier alpha value is -0.340. The largest absolute Gasteiger partial charge is 0.497 e. The Morgan fingerprint density at radius 3 is 2.71 bits per heavy atom. The first-order chi connectivity index (χ1) is 9.42. The van der Waals surface area contributed by atoms with Crippen molar-refractivity contribution in [3.63, 3.8) is 0 Å². The molecule has 2 atom stereocenters. The van der Waals surface area contributed by atoms with Crippen LogP contribution in [-0.2, 0) is 10.0 Å². The molecule has 0 bridgehead atoms. The van der Waals surface area contributed by atoms with Crippen molar-refractivity contribution in [2.75, 3.05) is 13.7 Å². The van der Waals surface area contributed by atoms with E-state index in [1.807, 2.05) is 6.92 Å². The zero-order valence-electron chi connectivity index (χ0n) is 11.9. The number of sulfonamides is 1. The molecule has 0 radical (unpaired) electrons. The standard InChI is InChI=1S/C13H19BrN2O3S.ClH/c1-9-13(4-3-5-15-9)16-20(17,18)12-7-10(14)6-11(8-12)19-2;/h6-9,13,15-16H,3-5H2,1-2H3;1H. The summed E-state index contributed by atoms with van der Waals surface area (Å²) in [4.78, 5) is 0.210. The molecule has 1 aromatic carbocycles. The minimum atomic E-state index is -3.55. The maximum atomic E-state index is 12.5. The fourth-order valence-corrected chi connectivity index (χ4v) is 4.32. The van der Waals surface area contributed by atoms with Gasteiger partial charge in [0.15, 0.2) is 0 Å². The fraction of sp³-hybridized carbons (Fsp3) is 0.538. The number of halogens is 2. The lowest BCUT2D eigenvalue weighted by Crippen LogP contribution is -2.51. The molecule has 2 rings (SSSR count). The number of ether oxygens (including phenoxy) is 1. The summed E-state index contributed by atoms with van der Waals surface area (Å²) < 4.78 is 33.5. The van der Waals surface area contributed by atoms with Gasteiger partial charge in [-0.2, -0.15) is 0 Å². The number of nitrogens with one attached hydrogen (secondary N) is 2. The van der Waals surface area contributed by atoms with E-state index in [0.717, 1.165) is 19.4 Å². The van der Waals surface area contributed by atoms with Crippen molar-refractivity contribution < 1.29 is 13.2 Å². The van der Waals surface area contributed by atoms with E-state index < -0.39 is 10.0 Å². The highest BCUT2D eigenvalue weighted by atomic mass is 79.9. The number of benzene rings is 1. The third-order valence-electron chi connectivity index (χ3n) is 3.46. The molecule has 0 amide bonds. The summed E-state index contributed by atoms with van der Waals surface area (Å²) in [5.41, 5.74) is 0. The minimum Gasteiger partial charge on any atom is -0.497 e. The lowest BCUT2D eigenvalue weighted by Gasteiger charge is -2.30. The van der Waals surface area contributed by atoms with Crippen LogP contribution in [0.4, 0.5) is 0 Å². The molecule has 0 aromatic heterocycles. The number of rotatable bonds is 4. The quantitative estimate of drug-likeness (QED) is 0.815. The number of hydrogen-bond acceptors (Lipinski definition) is 4. The molecule has 120 valence electrons. The summed E-state index contributed by atoms with van der Waals surface area (Å²) in [6.45, 7) is 2.93. The van der Waals surface area contributed by atoms with E-state index in [9.17, 15) is 8.42 Å². The number of methoxy groups -OCH3 is 1. The number of piperidine rings is 1. The van der Waals surface area contributed by atoms with Crippen LogP contribution in [0.5, 0.6) is 5.75 Å². The molecule has 1 heterocycles. The Labute approximate surface area is 140 Å². The van der Waals surface area contributed by atoms with Crippen LogP contribution in [0.3, 0.4) is 0 Å². The molecule has 1 aliphatic rings. The highest BCUT2D eigenvalue weighted by Crippen LogP contribution is 2.24. The van der Waals surface area contributed by atoms with Crippen molar-refractivity contribution in [3.8, 4) is 5.75 Å². The van der Waals surface area contributed by atoms with E-state index in [1.54, 1.807) is 12.1 Å². The van der Waals surface area contributed by atoms with Crippen molar-refractivity contribution >= 4 is 38.4 Å². The summed E-state index contributed by atoms with van der Waals surface area (Å²) in [5.74, 6) is 0.509. The van der Waals surface area contributed by atoms with Gasteiger partial charge in [-0.1, -0.05) is 15.9 Å². The SMILES string of the molecule is COc1cc(Br)cc(S(=O)(=O)NC2CCCNC2C)c1.Cl. The van der Waals surface area contributed by atoms with Gasteiger partial charge in [-0.15, -0.1) is 12.4 Å². The van der Waals surface area contributed by atoms with Gasteiger partial charge >= 0.3 is 0 Å². The first-order valence-electron chi connectivity index (χ1n) is 6.52. The van der Waals surface area contributed by atoms with Crippen LogP contribution in [0.2, 0.25) is 0 Å². The zero-order valence-corrected chi connectivity index (χ0v) is 15.1. The van der Waals surface area contributed by atoms with Gasteiger partial charge in [-0.05, 0) is 38.4 Å². The van der Waals surface area contributed by atoms with E-state index in [4.69, 9.17) is 4.74 Å². The summed E-state index contributed by atoms with van der Waals surface area (Å²) >= 11 is 3.30. The van der Waals surface area contributed by atoms with Crippen molar-refractivity contribution in [2.24, 2.45) is 0 Å². The second-order valence-corrected chi connectivity index (χ2v) is 7.57. The predicted molar refractivity (Wildman–Crippen MR) is 88.8 cm³/mol. The Balaban J connectivity index is 0.00000220. The Morgan fingerprint density at radius 1 is 1.38 bits per heavy atom. The van der Waals surface area contributed by atoms with E-state index in [-0.39, 0.29) is 29.4 Å². The first kappa shape index (κ1) is 18.7. The van der Waals surface area contributed by atoms with E-state index in [0.29, 0.717) is 10.2 Å². The van der Waals surface area contributed by atoms with Crippen LogP contribution in [-0.4, -0.2) is 34.2 Å². The van der Waals surface area contributed by atoms with Gasteiger partial charge in [-0.3, -0.25) is 0 Å². The molecule has 1 saturated heterocycles. The fourth-order valence-electron chi connectivity index (χ4n) is 2.28. The second-order valence-electron chi connectivity index (χ2n) is 4.94. The highest BCUT2D eigenvalue weighted by molar-refractivity contribution is 9.10. The molecule has 1 aromatic rings. The minimum absolute atomic E-state index is 0. The lowest BCUT2D eigenvalue weighted by atomic mass is 10.0. The summed E-state index contributed by atoms with van der Waals surface area (Å²) in [6.07, 6.45) is 1.82. The smallest absolute Gasteiger partial charge is 0.241 e. The Bertz CT molecular complexity index is 583. The zero-order chi connectivity index (χ0) is 14.8. The van der Waals surface area contributed by atoms with Gasteiger partial charge in [0.1, 0.15) is 5.75 Å². The number of hydrogen-bond donors (Lipinski definition) is 2. The van der Waals surface area contributed by atoms with Gasteiger partial charge in [-0.25, -0.2) is 13.1 Å². The third kappa shape index (κ3) is 4.82. The average molecular weight is 400 g/mol. The molecule has 0 aliphatic carbocycles. The van der Waals surface area contributed by atoms with Gasteiger partial charge < -0.3 is 10.1 Å². The van der Waals surface area contributed by atoms with E-state index in [1.165, 1.54) is 13.2 Å². The van der Waals surface area contributed by atoms with Crippen LogP contribution < -0.4 is 14.8 Å². The predicted octanol–water partition coefficient (Wildman–Crippen LogP) is 2.30. The third-order valence-corrected chi connectivity index (χ3v) is 5.39. The summed E-state index contributed by atoms with van der Waals surface area (Å²) in [5, 5.41) is 3.28. The Morgan fingerprint density at radius 2 is 2.10 bits per heavy atom. The van der Waals surface area contributed by atoms with Gasteiger partial charge in [0.25, 0.3) is 0 Å². The van der Waals surface area contributed by atoms with Crippen molar-refractivity contribution in [2.45, 2.75) is 36.7 Å². The topological polar surface area (TPSA) is 67.4 Å². The summed E-state index contributed by atoms with van der Waals surface area (Å²) in [7, 11) is -2.04. The molecule has 2 unspecified atom stereocenters. The van der Waals surface area contributed by atoms with Crippen LogP contribution in [0.15, 0.2) is 27.6 Å². The van der Waals surface area contributed by atoms with Crippen LogP contribution in [0.25, 0.3) is 0 Å². The molecule has 21 heavy (non-hydrogen) atoms. The van der Waals surface area contributed by atoms with Gasteiger partial charge in [0.05, 0.1) is 12.0 Å². The maximum Gasteiger partial charge on any atom is 0.241 e. The van der Waals surface area contributed by atoms with E-state index in [2.05, 4.69) is 26.0 Å². The first-order valence-corrected chi connectivity index (χ1v) is 8.80. The van der Waals surface area contributed by atoms with Crippen LogP contribution >= 0.6 is 28.3 Å².